The van der Waals surface area contributed by atoms with Gasteiger partial charge in [0.15, 0.2) is 11.6 Å². The van der Waals surface area contributed by atoms with Crippen molar-refractivity contribution in [3.63, 3.8) is 0 Å². The average molecular weight is 549 g/mol. The second-order valence-corrected chi connectivity index (χ2v) is 11.0. The lowest BCUT2D eigenvalue weighted by Gasteiger charge is -2.35. The van der Waals surface area contributed by atoms with Gasteiger partial charge in [-0.2, -0.15) is 0 Å². The van der Waals surface area contributed by atoms with Crippen LogP contribution in [0.15, 0.2) is 30.5 Å². The van der Waals surface area contributed by atoms with Gasteiger partial charge in [0, 0.05) is 49.4 Å². The molecule has 1 atom stereocenters. The predicted octanol–water partition coefficient (Wildman–Crippen LogP) is 5.89. The van der Waals surface area contributed by atoms with Gasteiger partial charge in [0.1, 0.15) is 22.9 Å². The molecule has 0 spiro atoms. The van der Waals surface area contributed by atoms with E-state index in [4.69, 9.17) is 4.98 Å². The van der Waals surface area contributed by atoms with Crippen LogP contribution in [0.1, 0.15) is 56.7 Å². The summed E-state index contributed by atoms with van der Waals surface area (Å²) in [5.41, 5.74) is 3.53. The van der Waals surface area contributed by atoms with Gasteiger partial charge in [-0.3, -0.25) is 4.90 Å². The molecule has 5 rings (SSSR count). The van der Waals surface area contributed by atoms with Crippen molar-refractivity contribution in [1.82, 2.24) is 34.3 Å². The molecule has 0 fully saturated rings. The summed E-state index contributed by atoms with van der Waals surface area (Å²) in [6.07, 6.45) is 3.71. The molecular weight excluding hydrogens is 510 g/mol. The van der Waals surface area contributed by atoms with Crippen LogP contribution >= 0.6 is 0 Å². The van der Waals surface area contributed by atoms with E-state index in [2.05, 4.69) is 71.0 Å². The lowest BCUT2D eigenvalue weighted by atomic mass is 9.99. The number of pyridine rings is 1. The van der Waals surface area contributed by atoms with Crippen molar-refractivity contribution >= 4 is 22.8 Å². The highest BCUT2D eigenvalue weighted by Gasteiger charge is 2.24. The van der Waals surface area contributed by atoms with Gasteiger partial charge in [-0.15, -0.1) is 0 Å². The van der Waals surface area contributed by atoms with Crippen LogP contribution in [-0.4, -0.2) is 67.5 Å². The third-order valence-electron chi connectivity index (χ3n) is 7.88. The van der Waals surface area contributed by atoms with Crippen LogP contribution in [0.3, 0.4) is 0 Å². The molecule has 0 saturated heterocycles. The number of hydrogen-bond acceptors (Lipinski definition) is 7. The smallest absolute Gasteiger partial charge is 0.229 e. The summed E-state index contributed by atoms with van der Waals surface area (Å²) < 4.78 is 32.3. The highest BCUT2D eigenvalue weighted by molar-refractivity contribution is 5.83. The van der Waals surface area contributed by atoms with Gasteiger partial charge < -0.3 is 14.8 Å². The summed E-state index contributed by atoms with van der Waals surface area (Å²) in [5, 5.41) is 3.13. The lowest BCUT2D eigenvalue weighted by Crippen LogP contribution is -2.42. The van der Waals surface area contributed by atoms with E-state index in [9.17, 15) is 0 Å². The van der Waals surface area contributed by atoms with Gasteiger partial charge in [-0.05, 0) is 64.5 Å². The zero-order chi connectivity index (χ0) is 28.6. The molecule has 4 heterocycles. The third-order valence-corrected chi connectivity index (χ3v) is 7.88. The number of nitrogens with zero attached hydrogens (tertiary/aromatic N) is 7. The second kappa shape index (κ2) is 11.5. The number of aromatic nitrogens is 5. The first-order chi connectivity index (χ1) is 19.2. The molecule has 1 aromatic carbocycles. The minimum Gasteiger partial charge on any atom is -0.325 e. The van der Waals surface area contributed by atoms with Crippen molar-refractivity contribution in [3.05, 3.63) is 59.2 Å². The largest absolute Gasteiger partial charge is 0.325 e. The van der Waals surface area contributed by atoms with Gasteiger partial charge >= 0.3 is 0 Å². The Labute approximate surface area is 234 Å². The summed E-state index contributed by atoms with van der Waals surface area (Å²) in [7, 11) is 4.17. The van der Waals surface area contributed by atoms with E-state index in [1.54, 1.807) is 6.07 Å². The van der Waals surface area contributed by atoms with Crippen LogP contribution in [0.4, 0.5) is 20.5 Å². The molecule has 10 heteroatoms. The maximum Gasteiger partial charge on any atom is 0.229 e. The van der Waals surface area contributed by atoms with E-state index in [0.717, 1.165) is 56.6 Å². The zero-order valence-electron chi connectivity index (χ0n) is 24.2. The molecule has 0 unspecified atom stereocenters. The van der Waals surface area contributed by atoms with Gasteiger partial charge in [-0.25, -0.2) is 28.7 Å². The number of nitrogens with one attached hydrogen (secondary N) is 1. The summed E-state index contributed by atoms with van der Waals surface area (Å²) in [5.74, 6) is 0.399. The Hall–Kier alpha value is -3.50. The molecule has 0 amide bonds. The highest BCUT2D eigenvalue weighted by Crippen LogP contribution is 2.32. The Bertz CT molecular complexity index is 1510. The van der Waals surface area contributed by atoms with Crippen molar-refractivity contribution < 1.29 is 8.78 Å². The van der Waals surface area contributed by atoms with E-state index >= 15 is 8.78 Å². The number of hydrogen-bond donors (Lipinski definition) is 1. The van der Waals surface area contributed by atoms with E-state index in [1.807, 2.05) is 17.6 Å². The normalized spacial score (nSPS) is 15.8. The SMILES string of the molecule is CCC(CC)n1c(C)nc2c(F)cc(-c3nc(Nc4ccc5c(n4)C[C@H](C)N(CCN(C)C)C5)ncc3F)cc21. The van der Waals surface area contributed by atoms with Gasteiger partial charge in [0.05, 0.1) is 11.7 Å². The number of rotatable bonds is 9. The fourth-order valence-electron chi connectivity index (χ4n) is 5.60. The molecule has 0 saturated carbocycles. The summed E-state index contributed by atoms with van der Waals surface area (Å²) in [4.78, 5) is 22.5. The van der Waals surface area contributed by atoms with E-state index in [0.29, 0.717) is 22.9 Å². The van der Waals surface area contributed by atoms with Crippen LogP contribution in [0, 0.1) is 18.6 Å². The standard InChI is InChI=1S/C30H38F2N8/c1-7-22(8-2)40-19(4)34-29-23(31)14-21(15-26(29)40)28-24(32)16-33-30(37-28)36-27-10-9-20-17-39(12-11-38(5)6)18(3)13-25(20)35-27/h9-10,14-16,18,22H,7-8,11-13,17H2,1-6H3,(H,33,35,36,37)/t18-/m0/s1. The second-order valence-electron chi connectivity index (χ2n) is 11.0. The Kier molecular flexibility index (Phi) is 8.09. The molecule has 3 aromatic heterocycles. The van der Waals surface area contributed by atoms with Crippen LogP contribution in [0.25, 0.3) is 22.3 Å². The third kappa shape index (κ3) is 5.55. The molecule has 0 radical (unpaired) electrons. The minimum atomic E-state index is -0.625. The van der Waals surface area contributed by atoms with Gasteiger partial charge in [0.2, 0.25) is 5.95 Å². The monoisotopic (exact) mass is 548 g/mol. The molecule has 212 valence electrons. The molecule has 1 aliphatic heterocycles. The molecule has 1 N–H and O–H groups in total. The zero-order valence-corrected chi connectivity index (χ0v) is 24.2. The van der Waals surface area contributed by atoms with E-state index in [1.165, 1.54) is 11.6 Å². The lowest BCUT2D eigenvalue weighted by molar-refractivity contribution is 0.166. The topological polar surface area (TPSA) is 75.0 Å². The van der Waals surface area contributed by atoms with Crippen LogP contribution in [-0.2, 0) is 13.0 Å². The molecular formula is C30H38F2N8. The Balaban J connectivity index is 1.43. The molecule has 1 aliphatic rings. The molecule has 8 nitrogen and oxygen atoms in total. The summed E-state index contributed by atoms with van der Waals surface area (Å²) in [6, 6.07) is 7.59. The fourth-order valence-corrected chi connectivity index (χ4v) is 5.60. The first-order valence-corrected chi connectivity index (χ1v) is 14.0. The maximum absolute atomic E-state index is 15.2. The van der Waals surface area contributed by atoms with Gasteiger partial charge in [0.25, 0.3) is 0 Å². The van der Waals surface area contributed by atoms with Crippen molar-refractivity contribution in [2.45, 2.75) is 65.6 Å². The number of likely N-dealkylation sites (N-methyl/N-ethyl adjacent to an activating group) is 1. The fraction of sp³-hybridized carbons (Fsp3) is 0.467. The Morgan fingerprint density at radius 2 is 1.85 bits per heavy atom. The minimum absolute atomic E-state index is 0.0244. The quantitative estimate of drug-likeness (QED) is 0.280. The first-order valence-electron chi connectivity index (χ1n) is 14.0. The van der Waals surface area contributed by atoms with Crippen LogP contribution < -0.4 is 5.32 Å². The Morgan fingerprint density at radius 1 is 1.07 bits per heavy atom. The van der Waals surface area contributed by atoms with Crippen molar-refractivity contribution in [2.24, 2.45) is 0 Å². The molecule has 0 aliphatic carbocycles. The number of fused-ring (bicyclic) bond motifs is 2. The average Bonchev–Trinajstić information content (AvgIpc) is 3.25. The number of anilines is 2. The van der Waals surface area contributed by atoms with E-state index < -0.39 is 11.6 Å². The molecule has 0 bridgehead atoms. The molecule has 4 aromatic rings. The first kappa shape index (κ1) is 28.0. The van der Waals surface area contributed by atoms with Crippen molar-refractivity contribution in [1.29, 1.82) is 0 Å². The summed E-state index contributed by atoms with van der Waals surface area (Å²) >= 11 is 0. The number of benzene rings is 1. The van der Waals surface area contributed by atoms with E-state index in [-0.39, 0.29) is 23.2 Å². The Morgan fingerprint density at radius 3 is 2.58 bits per heavy atom. The number of imidazole rings is 1. The molecule has 40 heavy (non-hydrogen) atoms. The highest BCUT2D eigenvalue weighted by atomic mass is 19.1. The van der Waals surface area contributed by atoms with Crippen LogP contribution in [0.2, 0.25) is 0 Å². The number of aryl methyl sites for hydroxylation is 1. The van der Waals surface area contributed by atoms with Crippen LogP contribution in [0.5, 0.6) is 0 Å². The van der Waals surface area contributed by atoms with Crippen molar-refractivity contribution in [3.8, 4) is 11.3 Å². The van der Waals surface area contributed by atoms with Gasteiger partial charge in [-0.1, -0.05) is 19.9 Å². The predicted molar refractivity (Wildman–Crippen MR) is 155 cm³/mol. The number of halogens is 2. The van der Waals surface area contributed by atoms with Crippen molar-refractivity contribution in [2.75, 3.05) is 32.5 Å². The maximum atomic E-state index is 15.2. The summed E-state index contributed by atoms with van der Waals surface area (Å²) in [6.45, 7) is 11.2.